The number of benzene rings is 2. The number of rotatable bonds is 4. The summed E-state index contributed by atoms with van der Waals surface area (Å²) in [7, 11) is 1.73. The first-order chi connectivity index (χ1) is 12.9. The number of amides is 2. The highest BCUT2D eigenvalue weighted by molar-refractivity contribution is 8.04. The Kier molecular flexibility index (Phi) is 5.92. The van der Waals surface area contributed by atoms with Gasteiger partial charge in [0.1, 0.15) is 0 Å². The minimum atomic E-state index is -0.127. The van der Waals surface area contributed by atoms with Crippen molar-refractivity contribution < 1.29 is 9.59 Å². The Morgan fingerprint density at radius 3 is 2.78 bits per heavy atom. The first-order valence-electron chi connectivity index (χ1n) is 8.77. The third-order valence-corrected chi connectivity index (χ3v) is 5.77. The number of nitrogens with one attached hydrogen (secondary N) is 1. The lowest BCUT2D eigenvalue weighted by Crippen LogP contribution is -2.33. The van der Waals surface area contributed by atoms with Crippen LogP contribution < -0.4 is 10.2 Å². The van der Waals surface area contributed by atoms with Crippen LogP contribution in [-0.2, 0) is 4.79 Å². The molecular weight excluding hydrogens is 380 g/mol. The van der Waals surface area contributed by atoms with Gasteiger partial charge < -0.3 is 10.2 Å². The zero-order valence-corrected chi connectivity index (χ0v) is 17.0. The van der Waals surface area contributed by atoms with E-state index in [0.29, 0.717) is 15.5 Å². The maximum Gasteiger partial charge on any atom is 0.264 e. The fraction of sp³-hybridized carbons (Fsp3) is 0.238. The van der Waals surface area contributed by atoms with Crippen molar-refractivity contribution in [2.75, 3.05) is 11.9 Å². The molecule has 6 heteroatoms. The summed E-state index contributed by atoms with van der Waals surface area (Å²) in [6.45, 7) is 3.99. The van der Waals surface area contributed by atoms with Gasteiger partial charge >= 0.3 is 0 Å². The summed E-state index contributed by atoms with van der Waals surface area (Å²) < 4.78 is 0. The zero-order chi connectivity index (χ0) is 19.6. The molecule has 0 fully saturated rings. The van der Waals surface area contributed by atoms with Crippen LogP contribution in [0.1, 0.15) is 36.2 Å². The molecule has 1 atom stereocenters. The second-order valence-electron chi connectivity index (χ2n) is 6.50. The highest BCUT2D eigenvalue weighted by Crippen LogP contribution is 2.42. The van der Waals surface area contributed by atoms with Gasteiger partial charge in [-0.1, -0.05) is 42.4 Å². The van der Waals surface area contributed by atoms with Crippen LogP contribution in [0.3, 0.4) is 0 Å². The van der Waals surface area contributed by atoms with E-state index in [0.717, 1.165) is 22.6 Å². The SMILES string of the molecule is CCC(C)NC(=O)c1ccc2c(c1)N(C)C(=O)/C(=C/c1cccc(Cl)c1)S2. The molecule has 140 valence electrons. The smallest absolute Gasteiger partial charge is 0.264 e. The number of anilines is 1. The molecule has 0 saturated heterocycles. The highest BCUT2D eigenvalue weighted by atomic mass is 35.5. The molecule has 1 heterocycles. The third kappa shape index (κ3) is 4.37. The fourth-order valence-corrected chi connectivity index (χ4v) is 3.98. The van der Waals surface area contributed by atoms with Crippen molar-refractivity contribution in [1.29, 1.82) is 0 Å². The number of fused-ring (bicyclic) bond motifs is 1. The van der Waals surface area contributed by atoms with Crippen LogP contribution >= 0.6 is 23.4 Å². The number of nitrogens with zero attached hydrogens (tertiary/aromatic N) is 1. The maximum absolute atomic E-state index is 12.8. The van der Waals surface area contributed by atoms with Crippen molar-refractivity contribution in [2.45, 2.75) is 31.2 Å². The van der Waals surface area contributed by atoms with Gasteiger partial charge in [-0.25, -0.2) is 0 Å². The molecule has 1 aliphatic rings. The van der Waals surface area contributed by atoms with E-state index in [1.807, 2.05) is 44.2 Å². The van der Waals surface area contributed by atoms with Crippen LogP contribution in [0.4, 0.5) is 5.69 Å². The summed E-state index contributed by atoms with van der Waals surface area (Å²) in [5.74, 6) is -0.231. The lowest BCUT2D eigenvalue weighted by atomic mass is 10.1. The van der Waals surface area contributed by atoms with Crippen LogP contribution in [0.2, 0.25) is 5.02 Å². The van der Waals surface area contributed by atoms with E-state index < -0.39 is 0 Å². The van der Waals surface area contributed by atoms with Crippen molar-refractivity contribution in [3.05, 3.63) is 63.5 Å². The number of hydrogen-bond donors (Lipinski definition) is 1. The molecule has 1 N–H and O–H groups in total. The molecule has 0 radical (unpaired) electrons. The third-order valence-electron chi connectivity index (χ3n) is 4.45. The van der Waals surface area contributed by atoms with Crippen molar-refractivity contribution in [1.82, 2.24) is 5.32 Å². The van der Waals surface area contributed by atoms with Gasteiger partial charge in [0.15, 0.2) is 0 Å². The van der Waals surface area contributed by atoms with Gasteiger partial charge in [0.2, 0.25) is 0 Å². The average Bonchev–Trinajstić information content (AvgIpc) is 2.65. The number of halogens is 1. The number of likely N-dealkylation sites (N-methyl/N-ethyl adjacent to an activating group) is 1. The Labute approximate surface area is 168 Å². The summed E-state index contributed by atoms with van der Waals surface area (Å²) in [5, 5.41) is 3.58. The maximum atomic E-state index is 12.8. The molecule has 1 unspecified atom stereocenters. The van der Waals surface area contributed by atoms with Crippen molar-refractivity contribution in [2.24, 2.45) is 0 Å². The van der Waals surface area contributed by atoms with Gasteiger partial charge in [0, 0.05) is 28.6 Å². The van der Waals surface area contributed by atoms with Crippen LogP contribution in [0.25, 0.3) is 6.08 Å². The van der Waals surface area contributed by atoms with E-state index in [9.17, 15) is 9.59 Å². The van der Waals surface area contributed by atoms with Crippen LogP contribution in [0.5, 0.6) is 0 Å². The minimum absolute atomic E-state index is 0.105. The van der Waals surface area contributed by atoms with Gasteiger partial charge in [0.25, 0.3) is 11.8 Å². The Morgan fingerprint density at radius 1 is 1.30 bits per heavy atom. The lowest BCUT2D eigenvalue weighted by Gasteiger charge is -2.27. The normalized spacial score (nSPS) is 16.2. The Balaban J connectivity index is 1.90. The van der Waals surface area contributed by atoms with Gasteiger partial charge in [-0.05, 0) is 55.3 Å². The van der Waals surface area contributed by atoms with E-state index in [1.54, 1.807) is 30.1 Å². The van der Waals surface area contributed by atoms with E-state index >= 15 is 0 Å². The van der Waals surface area contributed by atoms with E-state index in [-0.39, 0.29) is 17.9 Å². The molecule has 0 aliphatic carbocycles. The molecule has 1 aliphatic heterocycles. The van der Waals surface area contributed by atoms with Gasteiger partial charge in [-0.15, -0.1) is 0 Å². The molecule has 2 aromatic carbocycles. The molecule has 2 amide bonds. The Morgan fingerprint density at radius 2 is 2.07 bits per heavy atom. The Hall–Kier alpha value is -2.24. The highest BCUT2D eigenvalue weighted by Gasteiger charge is 2.27. The summed E-state index contributed by atoms with van der Waals surface area (Å²) in [5.41, 5.74) is 2.17. The van der Waals surface area contributed by atoms with E-state index in [4.69, 9.17) is 11.6 Å². The molecule has 0 saturated carbocycles. The van der Waals surface area contributed by atoms with Gasteiger partial charge in [0.05, 0.1) is 10.6 Å². The first kappa shape index (κ1) is 19.5. The molecule has 3 rings (SSSR count). The molecule has 0 spiro atoms. The van der Waals surface area contributed by atoms with Crippen molar-refractivity contribution in [3.8, 4) is 0 Å². The topological polar surface area (TPSA) is 49.4 Å². The second-order valence-corrected chi connectivity index (χ2v) is 8.02. The fourth-order valence-electron chi connectivity index (χ4n) is 2.69. The van der Waals surface area contributed by atoms with Crippen LogP contribution in [-0.4, -0.2) is 24.9 Å². The summed E-state index contributed by atoms with van der Waals surface area (Å²) in [4.78, 5) is 28.3. The molecule has 2 aromatic rings. The molecule has 0 aromatic heterocycles. The largest absolute Gasteiger partial charge is 0.350 e. The number of thioether (sulfide) groups is 1. The van der Waals surface area contributed by atoms with E-state index in [1.165, 1.54) is 11.8 Å². The quantitative estimate of drug-likeness (QED) is 0.736. The predicted octanol–water partition coefficient (Wildman–Crippen LogP) is 4.98. The lowest BCUT2D eigenvalue weighted by molar-refractivity contribution is -0.114. The summed E-state index contributed by atoms with van der Waals surface area (Å²) >= 11 is 7.44. The summed E-state index contributed by atoms with van der Waals surface area (Å²) in [6, 6.07) is 12.9. The van der Waals surface area contributed by atoms with Gasteiger partial charge in [-0.2, -0.15) is 0 Å². The molecule has 4 nitrogen and oxygen atoms in total. The standard InChI is InChI=1S/C21H21ClN2O2S/c1-4-13(2)23-20(25)15-8-9-18-17(12-15)24(3)21(26)19(27-18)11-14-6-5-7-16(22)10-14/h5-13H,4H2,1-3H3,(H,23,25)/b19-11-. The second kappa shape index (κ2) is 8.19. The Bertz CT molecular complexity index is 926. The van der Waals surface area contributed by atoms with Crippen LogP contribution in [0.15, 0.2) is 52.3 Å². The number of carbonyl (C=O) groups is 2. The summed E-state index contributed by atoms with van der Waals surface area (Å²) in [6.07, 6.45) is 2.70. The number of hydrogen-bond acceptors (Lipinski definition) is 3. The molecule has 0 bridgehead atoms. The number of carbonyl (C=O) groups excluding carboxylic acids is 2. The first-order valence-corrected chi connectivity index (χ1v) is 9.96. The molecular formula is C21H21ClN2O2S. The minimum Gasteiger partial charge on any atom is -0.350 e. The van der Waals surface area contributed by atoms with Gasteiger partial charge in [-0.3, -0.25) is 9.59 Å². The predicted molar refractivity (Wildman–Crippen MR) is 112 cm³/mol. The van der Waals surface area contributed by atoms with E-state index in [2.05, 4.69) is 5.32 Å². The van der Waals surface area contributed by atoms with Crippen molar-refractivity contribution in [3.63, 3.8) is 0 Å². The van der Waals surface area contributed by atoms with Crippen LogP contribution in [0, 0.1) is 0 Å². The van der Waals surface area contributed by atoms with Crippen molar-refractivity contribution >= 4 is 46.9 Å². The average molecular weight is 401 g/mol. The zero-order valence-electron chi connectivity index (χ0n) is 15.5. The molecule has 27 heavy (non-hydrogen) atoms. The monoisotopic (exact) mass is 400 g/mol.